The van der Waals surface area contributed by atoms with E-state index >= 15 is 0 Å². The third kappa shape index (κ3) is 5.43. The molecule has 0 aromatic rings. The maximum atomic E-state index is 12.7. The Morgan fingerprint density at radius 1 is 1.29 bits per heavy atom. The summed E-state index contributed by atoms with van der Waals surface area (Å²) in [6.07, 6.45) is 13.9. The zero-order chi connectivity index (χ0) is 15.7. The molecule has 0 saturated carbocycles. The van der Waals surface area contributed by atoms with E-state index in [1.807, 2.05) is 0 Å². The maximum absolute atomic E-state index is 12.7. The van der Waals surface area contributed by atoms with E-state index in [4.69, 9.17) is 4.74 Å². The summed E-state index contributed by atoms with van der Waals surface area (Å²) < 4.78 is 5.33. The standard InChI is InChI=1S/C19H32O2/c1-16(2)11-7-5-6-8-13-18(20)19(15-21-4)14-10-9-12-17(19)3/h10,12,14,16H,5-9,11,13,15H2,1-4H3/t19-/m0/s1. The number of methoxy groups -OCH3 is 1. The van der Waals surface area contributed by atoms with Crippen LogP contribution in [0.5, 0.6) is 0 Å². The van der Waals surface area contributed by atoms with E-state index in [2.05, 4.69) is 39.0 Å². The molecule has 0 heterocycles. The molecule has 0 amide bonds. The molecular weight excluding hydrogens is 260 g/mol. The monoisotopic (exact) mass is 292 g/mol. The van der Waals surface area contributed by atoms with Gasteiger partial charge in [0, 0.05) is 13.5 Å². The van der Waals surface area contributed by atoms with Gasteiger partial charge in [0.1, 0.15) is 5.78 Å². The number of allylic oxidation sites excluding steroid dienone is 2. The summed E-state index contributed by atoms with van der Waals surface area (Å²) in [4.78, 5) is 12.7. The second-order valence-electron chi connectivity index (χ2n) is 6.70. The Balaban J connectivity index is 2.42. The van der Waals surface area contributed by atoms with Gasteiger partial charge in [-0.2, -0.15) is 0 Å². The number of hydrogen-bond donors (Lipinski definition) is 0. The summed E-state index contributed by atoms with van der Waals surface area (Å²) in [6, 6.07) is 0. The first-order valence-corrected chi connectivity index (χ1v) is 8.40. The number of carbonyl (C=O) groups excluding carboxylic acids is 1. The Hall–Kier alpha value is -0.890. The highest BCUT2D eigenvalue weighted by molar-refractivity contribution is 5.90. The zero-order valence-electron chi connectivity index (χ0n) is 14.3. The van der Waals surface area contributed by atoms with Crippen LogP contribution in [-0.4, -0.2) is 19.5 Å². The first kappa shape index (κ1) is 18.2. The molecule has 0 N–H and O–H groups in total. The summed E-state index contributed by atoms with van der Waals surface area (Å²) in [5.74, 6) is 1.11. The van der Waals surface area contributed by atoms with Crippen molar-refractivity contribution in [3.05, 3.63) is 23.8 Å². The molecule has 0 aliphatic heterocycles. The molecule has 1 rings (SSSR count). The molecule has 2 nitrogen and oxygen atoms in total. The van der Waals surface area contributed by atoms with E-state index in [0.29, 0.717) is 18.8 Å². The van der Waals surface area contributed by atoms with Gasteiger partial charge in [-0.15, -0.1) is 0 Å². The van der Waals surface area contributed by atoms with Gasteiger partial charge in [0.2, 0.25) is 0 Å². The fourth-order valence-electron chi connectivity index (χ4n) is 3.03. The molecule has 21 heavy (non-hydrogen) atoms. The van der Waals surface area contributed by atoms with Crippen LogP contribution in [0.2, 0.25) is 0 Å². The SMILES string of the molecule is COC[C@@]1(C(=O)CCCCCCC(C)C)C=CCC=C1C. The summed E-state index contributed by atoms with van der Waals surface area (Å²) in [7, 11) is 1.68. The Bertz CT molecular complexity index is 379. The van der Waals surface area contributed by atoms with Crippen molar-refractivity contribution in [1.29, 1.82) is 0 Å². The van der Waals surface area contributed by atoms with E-state index in [9.17, 15) is 4.79 Å². The Morgan fingerprint density at radius 3 is 2.62 bits per heavy atom. The molecule has 1 aliphatic rings. The lowest BCUT2D eigenvalue weighted by Crippen LogP contribution is -2.36. The summed E-state index contributed by atoms with van der Waals surface area (Å²) in [5, 5.41) is 0. The summed E-state index contributed by atoms with van der Waals surface area (Å²) in [6.45, 7) is 7.06. The van der Waals surface area contributed by atoms with Crippen molar-refractivity contribution in [2.75, 3.05) is 13.7 Å². The molecule has 0 spiro atoms. The van der Waals surface area contributed by atoms with Crippen molar-refractivity contribution in [3.63, 3.8) is 0 Å². The lowest BCUT2D eigenvalue weighted by Gasteiger charge is -2.32. The van der Waals surface area contributed by atoms with Crippen molar-refractivity contribution in [2.24, 2.45) is 11.3 Å². The molecule has 0 saturated heterocycles. The van der Waals surface area contributed by atoms with Crippen LogP contribution in [0, 0.1) is 11.3 Å². The number of Topliss-reactive ketones (excluding diaryl/α,β-unsaturated/α-hetero) is 1. The fraction of sp³-hybridized carbons (Fsp3) is 0.737. The predicted molar refractivity (Wildman–Crippen MR) is 89.4 cm³/mol. The first-order chi connectivity index (χ1) is 10.0. The first-order valence-electron chi connectivity index (χ1n) is 8.40. The van der Waals surface area contributed by atoms with Gasteiger partial charge >= 0.3 is 0 Å². The summed E-state index contributed by atoms with van der Waals surface area (Å²) in [5.41, 5.74) is 0.655. The highest BCUT2D eigenvalue weighted by atomic mass is 16.5. The molecule has 0 bridgehead atoms. The molecule has 1 aliphatic carbocycles. The smallest absolute Gasteiger partial charge is 0.149 e. The molecule has 120 valence electrons. The Morgan fingerprint density at radius 2 is 2.00 bits per heavy atom. The fourth-order valence-corrected chi connectivity index (χ4v) is 3.03. The summed E-state index contributed by atoms with van der Waals surface area (Å²) >= 11 is 0. The van der Waals surface area contributed by atoms with Gasteiger partial charge in [-0.25, -0.2) is 0 Å². The minimum Gasteiger partial charge on any atom is -0.383 e. The van der Waals surface area contributed by atoms with Gasteiger partial charge in [-0.05, 0) is 25.7 Å². The van der Waals surface area contributed by atoms with Crippen LogP contribution in [0.25, 0.3) is 0 Å². The van der Waals surface area contributed by atoms with E-state index in [0.717, 1.165) is 30.8 Å². The Kier molecular flexibility index (Phi) is 7.95. The van der Waals surface area contributed by atoms with Crippen molar-refractivity contribution in [1.82, 2.24) is 0 Å². The number of ketones is 1. The van der Waals surface area contributed by atoms with Crippen LogP contribution >= 0.6 is 0 Å². The number of carbonyl (C=O) groups is 1. The zero-order valence-corrected chi connectivity index (χ0v) is 14.3. The normalized spacial score (nSPS) is 21.7. The molecule has 0 fully saturated rings. The molecule has 2 heteroatoms. The third-order valence-corrected chi connectivity index (χ3v) is 4.47. The minimum atomic E-state index is -0.495. The van der Waals surface area contributed by atoms with Crippen LogP contribution in [-0.2, 0) is 9.53 Å². The third-order valence-electron chi connectivity index (χ3n) is 4.47. The molecule has 0 radical (unpaired) electrons. The van der Waals surface area contributed by atoms with E-state index in [1.165, 1.54) is 19.3 Å². The van der Waals surface area contributed by atoms with Crippen molar-refractivity contribution >= 4 is 5.78 Å². The van der Waals surface area contributed by atoms with Gasteiger partial charge in [0.25, 0.3) is 0 Å². The topological polar surface area (TPSA) is 26.3 Å². The molecule has 0 aromatic carbocycles. The number of hydrogen-bond acceptors (Lipinski definition) is 2. The van der Waals surface area contributed by atoms with Crippen molar-refractivity contribution < 1.29 is 9.53 Å². The number of rotatable bonds is 10. The Labute approximate surface area is 130 Å². The predicted octanol–water partition coefficient (Wildman–Crippen LogP) is 5.09. The second kappa shape index (κ2) is 9.19. The van der Waals surface area contributed by atoms with Gasteiger partial charge in [-0.1, -0.05) is 63.3 Å². The van der Waals surface area contributed by atoms with E-state index < -0.39 is 5.41 Å². The van der Waals surface area contributed by atoms with Gasteiger partial charge in [-0.3, -0.25) is 4.79 Å². The average molecular weight is 292 g/mol. The molecular formula is C19H32O2. The van der Waals surface area contributed by atoms with Crippen LogP contribution in [0.4, 0.5) is 0 Å². The van der Waals surface area contributed by atoms with Crippen LogP contribution in [0.15, 0.2) is 23.8 Å². The second-order valence-corrected chi connectivity index (χ2v) is 6.70. The van der Waals surface area contributed by atoms with Crippen LogP contribution < -0.4 is 0 Å². The quantitative estimate of drug-likeness (QED) is 0.414. The highest BCUT2D eigenvalue weighted by Gasteiger charge is 2.37. The lowest BCUT2D eigenvalue weighted by atomic mass is 9.73. The lowest BCUT2D eigenvalue weighted by molar-refractivity contribution is -0.127. The molecule has 0 aromatic heterocycles. The average Bonchev–Trinajstić information content (AvgIpc) is 2.45. The van der Waals surface area contributed by atoms with Crippen molar-refractivity contribution in [3.8, 4) is 0 Å². The van der Waals surface area contributed by atoms with E-state index in [-0.39, 0.29) is 0 Å². The number of ether oxygens (including phenoxy) is 1. The molecule has 0 unspecified atom stereocenters. The van der Waals surface area contributed by atoms with Gasteiger partial charge in [0.05, 0.1) is 12.0 Å². The maximum Gasteiger partial charge on any atom is 0.149 e. The largest absolute Gasteiger partial charge is 0.383 e. The minimum absolute atomic E-state index is 0.318. The van der Waals surface area contributed by atoms with Gasteiger partial charge < -0.3 is 4.74 Å². The molecule has 1 atom stereocenters. The van der Waals surface area contributed by atoms with Gasteiger partial charge in [0.15, 0.2) is 0 Å². The van der Waals surface area contributed by atoms with Crippen molar-refractivity contribution in [2.45, 2.75) is 65.7 Å². The van der Waals surface area contributed by atoms with Crippen LogP contribution in [0.3, 0.4) is 0 Å². The highest BCUT2D eigenvalue weighted by Crippen LogP contribution is 2.35. The van der Waals surface area contributed by atoms with E-state index in [1.54, 1.807) is 7.11 Å². The van der Waals surface area contributed by atoms with Crippen LogP contribution in [0.1, 0.15) is 65.7 Å². The number of unbranched alkanes of at least 4 members (excludes halogenated alkanes) is 3.